The monoisotopic (exact) mass is 1230 g/mol. The molecule has 15 aromatic rings. The highest BCUT2D eigenvalue weighted by Gasteiger charge is 2.47. The van der Waals surface area contributed by atoms with Crippen LogP contribution in [0.4, 0.5) is 102 Å². The Labute approximate surface area is 555 Å². The summed E-state index contributed by atoms with van der Waals surface area (Å²) >= 11 is 1.71. The summed E-state index contributed by atoms with van der Waals surface area (Å²) in [6, 6.07) is 122. The lowest BCUT2D eigenvalue weighted by molar-refractivity contribution is 1.23. The fourth-order valence-corrected chi connectivity index (χ4v) is 16.7. The average molecular weight is 1230 g/mol. The first-order valence-electron chi connectivity index (χ1n) is 32.4. The maximum Gasteiger partial charge on any atom is 0.252 e. The van der Waals surface area contributed by atoms with Gasteiger partial charge in [0.2, 0.25) is 0 Å². The first-order valence-corrected chi connectivity index (χ1v) is 33.2. The molecule has 0 saturated carbocycles. The summed E-state index contributed by atoms with van der Waals surface area (Å²) < 4.78 is 1.84. The predicted molar refractivity (Wildman–Crippen MR) is 403 cm³/mol. The Morgan fingerprint density at radius 1 is 0.242 bits per heavy atom. The third-order valence-electron chi connectivity index (χ3n) is 19.5. The second-order valence-corrected chi connectivity index (χ2v) is 25.8. The third kappa shape index (κ3) is 8.65. The zero-order valence-electron chi connectivity index (χ0n) is 51.5. The van der Waals surface area contributed by atoms with E-state index in [0.29, 0.717) is 10.8 Å². The molecule has 19 rings (SSSR count). The molecule has 7 nitrogen and oxygen atoms in total. The van der Waals surface area contributed by atoms with E-state index in [1.165, 1.54) is 21.9 Å². The van der Waals surface area contributed by atoms with Crippen LogP contribution in [0.15, 0.2) is 345 Å². The number of fused-ring (bicyclic) bond motifs is 10. The minimum atomic E-state index is -0.236. The second-order valence-electron chi connectivity index (χ2n) is 24.7. The summed E-state index contributed by atoms with van der Waals surface area (Å²) in [6.45, 7) is -0.472. The highest BCUT2D eigenvalue weighted by Crippen LogP contribution is 2.52. The SMILES string of the molecule is O=c1c2cc3c(cc2sc2cc4c(cc12)B1c2ccccc2N(c2ccccc2)c2cc(N(c5ccccc5)c5ccccc5)cc(c21)N4c1ccccc1)N(c1ccccc1)c1cc(N(c2ccccc2)c2ccccc2)cc2c1B3c1ccccc1N2c1ccccc1. The minimum Gasteiger partial charge on any atom is -0.311 e. The lowest BCUT2D eigenvalue weighted by Gasteiger charge is -2.45. The molecule has 444 valence electrons. The van der Waals surface area contributed by atoms with E-state index in [9.17, 15) is 0 Å². The van der Waals surface area contributed by atoms with E-state index >= 15 is 4.79 Å². The summed E-state index contributed by atoms with van der Waals surface area (Å²) in [7, 11) is 0. The van der Waals surface area contributed by atoms with Gasteiger partial charge in [-0.15, -0.1) is 11.3 Å². The van der Waals surface area contributed by atoms with Crippen LogP contribution < -0.4 is 67.6 Å². The average Bonchev–Trinajstić information content (AvgIpc) is 0.699. The number of nitrogens with zero attached hydrogens (tertiary/aromatic N) is 6. The van der Waals surface area contributed by atoms with Crippen LogP contribution in [0.25, 0.3) is 20.2 Å². The molecular formula is C85H56B2N6OS. The number of hydrogen-bond donors (Lipinski definition) is 0. The molecule has 4 aliphatic rings. The van der Waals surface area contributed by atoms with Crippen molar-refractivity contribution >= 4 is 180 Å². The summed E-state index contributed by atoms with van der Waals surface area (Å²) in [6.07, 6.45) is 0. The van der Waals surface area contributed by atoms with E-state index in [1.54, 1.807) is 11.3 Å². The van der Waals surface area contributed by atoms with Crippen molar-refractivity contribution in [1.29, 1.82) is 0 Å². The molecule has 0 fully saturated rings. The predicted octanol–water partition coefficient (Wildman–Crippen LogP) is 18.5. The maximum absolute atomic E-state index is 16.5. The van der Waals surface area contributed by atoms with Gasteiger partial charge in [0, 0.05) is 111 Å². The number of benzene rings is 14. The fourth-order valence-electron chi connectivity index (χ4n) is 15.6. The van der Waals surface area contributed by atoms with Gasteiger partial charge >= 0.3 is 0 Å². The molecule has 0 radical (unpaired) electrons. The molecule has 0 spiro atoms. The number of hydrogen-bond acceptors (Lipinski definition) is 8. The second kappa shape index (κ2) is 22.1. The van der Waals surface area contributed by atoms with Gasteiger partial charge in [-0.3, -0.25) is 4.79 Å². The molecule has 0 N–H and O–H groups in total. The Morgan fingerprint density at radius 2 is 0.505 bits per heavy atom. The smallest absolute Gasteiger partial charge is 0.252 e. The van der Waals surface area contributed by atoms with E-state index in [0.717, 1.165) is 123 Å². The Hall–Kier alpha value is -12.1. The molecule has 95 heavy (non-hydrogen) atoms. The normalized spacial score (nSPS) is 13.0. The Morgan fingerprint density at radius 3 is 0.811 bits per heavy atom. The van der Waals surface area contributed by atoms with Gasteiger partial charge < -0.3 is 29.4 Å². The van der Waals surface area contributed by atoms with Gasteiger partial charge in [-0.05, 0) is 178 Å². The van der Waals surface area contributed by atoms with Crippen molar-refractivity contribution in [3.63, 3.8) is 0 Å². The van der Waals surface area contributed by atoms with Gasteiger partial charge in [0.25, 0.3) is 13.4 Å². The molecule has 0 saturated heterocycles. The molecule has 0 amide bonds. The molecule has 0 bridgehead atoms. The molecule has 1 aromatic heterocycles. The van der Waals surface area contributed by atoms with Crippen molar-refractivity contribution in [3.05, 3.63) is 350 Å². The Bertz CT molecular complexity index is 5140. The molecule has 5 heterocycles. The van der Waals surface area contributed by atoms with Crippen molar-refractivity contribution in [1.82, 2.24) is 0 Å². The van der Waals surface area contributed by atoms with Crippen LogP contribution >= 0.6 is 11.3 Å². The van der Waals surface area contributed by atoms with Crippen molar-refractivity contribution in [2.75, 3.05) is 29.4 Å². The standard InChI is InChI=1S/C85H56B2N6OS/c94-85-67-53-71-75(92(63-41-21-7-22-42-63)79-51-65(88(57-29-9-1-10-30-57)58-31-11-2-12-32-58)49-77-83(79)86(71)69-45-25-27-47-73(69)90(77)61-37-17-5-18-38-61)55-81(67)95-82-56-76-72(54-68(82)85)87-70-46-26-28-48-74(70)91(62-39-19-6-20-40-62)78-50-66(52-80(84(78)87)93(76)64-43-23-8-24-44-64)89(59-33-13-3-14-34-59)60-35-15-4-16-36-60/h1-56H. The van der Waals surface area contributed by atoms with E-state index in [4.69, 9.17) is 0 Å². The quantitative estimate of drug-likeness (QED) is 0.0997. The zero-order valence-corrected chi connectivity index (χ0v) is 52.3. The van der Waals surface area contributed by atoms with Gasteiger partial charge in [0.1, 0.15) is 0 Å². The van der Waals surface area contributed by atoms with Gasteiger partial charge in [-0.1, -0.05) is 194 Å². The highest BCUT2D eigenvalue weighted by molar-refractivity contribution is 7.24. The first kappa shape index (κ1) is 54.6. The van der Waals surface area contributed by atoms with Crippen LogP contribution in [-0.4, -0.2) is 13.4 Å². The third-order valence-corrected chi connectivity index (χ3v) is 20.6. The maximum atomic E-state index is 16.5. The Kier molecular flexibility index (Phi) is 12.7. The fraction of sp³-hybridized carbons (Fsp3) is 0. The lowest BCUT2D eigenvalue weighted by Crippen LogP contribution is -2.61. The van der Waals surface area contributed by atoms with E-state index in [1.807, 2.05) is 0 Å². The molecule has 10 heteroatoms. The summed E-state index contributed by atoms with van der Waals surface area (Å²) in [5, 5.41) is 1.42. The molecule has 0 aliphatic carbocycles. The first-order chi connectivity index (χ1) is 47.1. The van der Waals surface area contributed by atoms with Gasteiger partial charge in [-0.2, -0.15) is 0 Å². The summed E-state index contributed by atoms with van der Waals surface area (Å²) in [4.78, 5) is 31.1. The zero-order chi connectivity index (χ0) is 62.7. The van der Waals surface area contributed by atoms with Crippen LogP contribution in [0.3, 0.4) is 0 Å². The summed E-state index contributed by atoms with van der Waals surface area (Å²) in [5.74, 6) is 0. The van der Waals surface area contributed by atoms with Crippen LogP contribution in [-0.2, 0) is 0 Å². The van der Waals surface area contributed by atoms with Gasteiger partial charge in [-0.25, -0.2) is 0 Å². The van der Waals surface area contributed by atoms with Crippen LogP contribution in [0.1, 0.15) is 0 Å². The molecular weight excluding hydrogens is 1170 g/mol. The largest absolute Gasteiger partial charge is 0.311 e. The van der Waals surface area contributed by atoms with Gasteiger partial charge in [0.15, 0.2) is 5.43 Å². The Balaban J connectivity index is 0.880. The van der Waals surface area contributed by atoms with Gasteiger partial charge in [0.05, 0.1) is 11.4 Å². The van der Waals surface area contributed by atoms with E-state index in [2.05, 4.69) is 369 Å². The van der Waals surface area contributed by atoms with Crippen LogP contribution in [0, 0.1) is 0 Å². The summed E-state index contributed by atoms with van der Waals surface area (Å²) in [5.41, 5.74) is 25.9. The molecule has 0 atom stereocenters. The van der Waals surface area contributed by atoms with Crippen molar-refractivity contribution in [2.45, 2.75) is 0 Å². The lowest BCUT2D eigenvalue weighted by atomic mass is 9.33. The van der Waals surface area contributed by atoms with Crippen molar-refractivity contribution < 1.29 is 0 Å². The minimum absolute atomic E-state index is 0.0207. The van der Waals surface area contributed by atoms with Crippen molar-refractivity contribution in [2.24, 2.45) is 0 Å². The number of rotatable bonds is 10. The number of para-hydroxylation sites is 10. The topological polar surface area (TPSA) is 36.5 Å². The van der Waals surface area contributed by atoms with E-state index < -0.39 is 0 Å². The van der Waals surface area contributed by atoms with Crippen molar-refractivity contribution in [3.8, 4) is 0 Å². The van der Waals surface area contributed by atoms with Crippen LogP contribution in [0.2, 0.25) is 0 Å². The van der Waals surface area contributed by atoms with E-state index in [-0.39, 0.29) is 18.9 Å². The number of anilines is 18. The molecule has 0 unspecified atom stereocenters. The van der Waals surface area contributed by atoms with Crippen LogP contribution in [0.5, 0.6) is 0 Å². The molecule has 4 aliphatic heterocycles. The molecule has 14 aromatic carbocycles. The highest BCUT2D eigenvalue weighted by atomic mass is 32.1.